The van der Waals surface area contributed by atoms with Crippen molar-refractivity contribution in [3.05, 3.63) is 51.8 Å². The highest BCUT2D eigenvalue weighted by Gasteiger charge is 2.42. The highest BCUT2D eigenvalue weighted by Crippen LogP contribution is 2.47. The number of hydrogen-bond acceptors (Lipinski definition) is 6. The van der Waals surface area contributed by atoms with E-state index >= 15 is 0 Å². The standard InChI is InChI=1S/C17H15Cl2N3O3/c1-8-12(16-22-20-7-25-16)14(10-5-4-6-11(18)15(10)19)13(9(2)21-8)17(23)24-3/h4-7,13-14H,1-3H3. The van der Waals surface area contributed by atoms with Gasteiger partial charge in [0.1, 0.15) is 5.92 Å². The zero-order valence-corrected chi connectivity index (χ0v) is 15.3. The molecular formula is C17H15Cl2N3O3. The van der Waals surface area contributed by atoms with E-state index in [0.29, 0.717) is 32.6 Å². The predicted octanol–water partition coefficient (Wildman–Crippen LogP) is 4.15. The van der Waals surface area contributed by atoms with Gasteiger partial charge in [0.15, 0.2) is 0 Å². The molecule has 8 heteroatoms. The number of carbonyl (C=O) groups excluding carboxylic acids is 1. The van der Waals surface area contributed by atoms with Crippen molar-refractivity contribution in [2.75, 3.05) is 7.11 Å². The first-order chi connectivity index (χ1) is 12.0. The second kappa shape index (κ2) is 6.98. The van der Waals surface area contributed by atoms with Crippen LogP contribution >= 0.6 is 23.2 Å². The molecule has 0 aliphatic carbocycles. The molecule has 2 aromatic rings. The summed E-state index contributed by atoms with van der Waals surface area (Å²) in [5.41, 5.74) is 2.59. The molecule has 25 heavy (non-hydrogen) atoms. The molecule has 1 aromatic carbocycles. The second-order valence-electron chi connectivity index (χ2n) is 5.62. The first-order valence-corrected chi connectivity index (χ1v) is 8.25. The fourth-order valence-electron chi connectivity index (χ4n) is 3.13. The third kappa shape index (κ3) is 3.07. The molecule has 2 heterocycles. The molecule has 0 N–H and O–H groups in total. The Balaban J connectivity index is 2.28. The number of ether oxygens (including phenoxy) is 1. The van der Waals surface area contributed by atoms with E-state index in [0.717, 1.165) is 0 Å². The summed E-state index contributed by atoms with van der Waals surface area (Å²) in [4.78, 5) is 17.0. The predicted molar refractivity (Wildman–Crippen MR) is 94.7 cm³/mol. The van der Waals surface area contributed by atoms with E-state index in [2.05, 4.69) is 15.2 Å². The van der Waals surface area contributed by atoms with Crippen LogP contribution in [0.3, 0.4) is 0 Å². The van der Waals surface area contributed by atoms with Gasteiger partial charge in [-0.25, -0.2) is 0 Å². The molecule has 0 radical (unpaired) electrons. The van der Waals surface area contributed by atoms with E-state index in [1.165, 1.54) is 13.5 Å². The summed E-state index contributed by atoms with van der Waals surface area (Å²) in [6.45, 7) is 3.60. The fourth-order valence-corrected chi connectivity index (χ4v) is 3.56. The topological polar surface area (TPSA) is 77.6 Å². The Kier molecular flexibility index (Phi) is 4.92. The Hall–Kier alpha value is -2.18. The lowest BCUT2D eigenvalue weighted by molar-refractivity contribution is -0.143. The van der Waals surface area contributed by atoms with Gasteiger partial charge in [0.2, 0.25) is 12.3 Å². The molecule has 1 aliphatic rings. The Morgan fingerprint density at radius 1 is 1.28 bits per heavy atom. The SMILES string of the molecule is COC(=O)C1C(C)=NC(C)=C(c2nnco2)C1c1cccc(Cl)c1Cl. The Morgan fingerprint density at radius 3 is 2.68 bits per heavy atom. The summed E-state index contributed by atoms with van der Waals surface area (Å²) in [5, 5.41) is 8.48. The normalized spacial score (nSPS) is 20.4. The summed E-state index contributed by atoms with van der Waals surface area (Å²) in [5.74, 6) is -1.32. The van der Waals surface area contributed by atoms with E-state index in [1.54, 1.807) is 19.1 Å². The minimum absolute atomic E-state index is 0.281. The summed E-state index contributed by atoms with van der Waals surface area (Å²) in [7, 11) is 1.34. The maximum Gasteiger partial charge on any atom is 0.315 e. The van der Waals surface area contributed by atoms with Crippen LogP contribution in [0.5, 0.6) is 0 Å². The van der Waals surface area contributed by atoms with Gasteiger partial charge in [-0.05, 0) is 25.5 Å². The highest BCUT2D eigenvalue weighted by molar-refractivity contribution is 6.42. The maximum atomic E-state index is 12.5. The van der Waals surface area contributed by atoms with E-state index in [4.69, 9.17) is 32.4 Å². The summed E-state index contributed by atoms with van der Waals surface area (Å²) < 4.78 is 10.4. The molecule has 0 spiro atoms. The third-order valence-corrected chi connectivity index (χ3v) is 5.02. The van der Waals surface area contributed by atoms with Crippen molar-refractivity contribution in [2.45, 2.75) is 19.8 Å². The molecule has 3 rings (SSSR count). The van der Waals surface area contributed by atoms with Crippen LogP contribution in [0.1, 0.15) is 31.2 Å². The van der Waals surface area contributed by atoms with Crippen LogP contribution in [0.25, 0.3) is 5.57 Å². The van der Waals surface area contributed by atoms with Crippen LogP contribution in [-0.2, 0) is 9.53 Å². The second-order valence-corrected chi connectivity index (χ2v) is 6.40. The van der Waals surface area contributed by atoms with Crippen molar-refractivity contribution in [2.24, 2.45) is 10.9 Å². The number of halogens is 2. The molecule has 1 aliphatic heterocycles. The number of methoxy groups -OCH3 is 1. The molecule has 0 bridgehead atoms. The number of carbonyl (C=O) groups is 1. The largest absolute Gasteiger partial charge is 0.468 e. The number of aromatic nitrogens is 2. The van der Waals surface area contributed by atoms with Gasteiger partial charge in [-0.1, -0.05) is 35.3 Å². The number of esters is 1. The number of nitrogens with zero attached hydrogens (tertiary/aromatic N) is 3. The summed E-state index contributed by atoms with van der Waals surface area (Å²) in [6, 6.07) is 5.28. The van der Waals surface area contributed by atoms with Gasteiger partial charge in [-0.2, -0.15) is 0 Å². The van der Waals surface area contributed by atoms with E-state index in [1.807, 2.05) is 13.0 Å². The molecule has 0 saturated heterocycles. The van der Waals surface area contributed by atoms with Gasteiger partial charge in [-0.3, -0.25) is 9.79 Å². The Labute approximate surface area is 154 Å². The van der Waals surface area contributed by atoms with Crippen LogP contribution in [-0.4, -0.2) is 29.0 Å². The van der Waals surface area contributed by atoms with Crippen LogP contribution in [0.2, 0.25) is 10.0 Å². The van der Waals surface area contributed by atoms with E-state index in [9.17, 15) is 4.79 Å². The Morgan fingerprint density at radius 2 is 2.04 bits per heavy atom. The van der Waals surface area contributed by atoms with Crippen molar-refractivity contribution in [1.29, 1.82) is 0 Å². The summed E-state index contributed by atoms with van der Waals surface area (Å²) >= 11 is 12.6. The molecule has 0 saturated carbocycles. The van der Waals surface area contributed by atoms with Gasteiger partial charge >= 0.3 is 5.97 Å². The van der Waals surface area contributed by atoms with Crippen molar-refractivity contribution < 1.29 is 13.9 Å². The van der Waals surface area contributed by atoms with Crippen LogP contribution in [0.15, 0.2) is 39.7 Å². The Bertz CT molecular complexity index is 875. The van der Waals surface area contributed by atoms with Crippen LogP contribution < -0.4 is 0 Å². The average Bonchev–Trinajstić information content (AvgIpc) is 3.10. The van der Waals surface area contributed by atoms with Crippen molar-refractivity contribution in [3.63, 3.8) is 0 Å². The highest BCUT2D eigenvalue weighted by atomic mass is 35.5. The minimum Gasteiger partial charge on any atom is -0.468 e. The first-order valence-electron chi connectivity index (χ1n) is 7.50. The molecular weight excluding hydrogens is 365 g/mol. The van der Waals surface area contributed by atoms with Crippen LogP contribution in [0.4, 0.5) is 0 Å². The van der Waals surface area contributed by atoms with E-state index in [-0.39, 0.29) is 5.89 Å². The molecule has 0 amide bonds. The summed E-state index contributed by atoms with van der Waals surface area (Å²) in [6.07, 6.45) is 1.23. The molecule has 2 unspecified atom stereocenters. The van der Waals surface area contributed by atoms with Crippen LogP contribution in [0, 0.1) is 5.92 Å². The fraction of sp³-hybridized carbons (Fsp3) is 0.294. The third-order valence-electron chi connectivity index (χ3n) is 4.19. The number of benzene rings is 1. The quantitative estimate of drug-likeness (QED) is 0.748. The van der Waals surface area contributed by atoms with Gasteiger partial charge in [0.25, 0.3) is 0 Å². The van der Waals surface area contributed by atoms with Gasteiger partial charge < -0.3 is 9.15 Å². The number of rotatable bonds is 3. The molecule has 2 atom stereocenters. The zero-order valence-electron chi connectivity index (χ0n) is 13.8. The lowest BCUT2D eigenvalue weighted by Crippen LogP contribution is -2.33. The smallest absolute Gasteiger partial charge is 0.315 e. The molecule has 6 nitrogen and oxygen atoms in total. The van der Waals surface area contributed by atoms with Gasteiger partial charge in [-0.15, -0.1) is 10.2 Å². The number of allylic oxidation sites excluding steroid dienone is 2. The molecule has 130 valence electrons. The lowest BCUT2D eigenvalue weighted by atomic mass is 9.75. The van der Waals surface area contributed by atoms with Crippen molar-refractivity contribution in [1.82, 2.24) is 10.2 Å². The van der Waals surface area contributed by atoms with Crippen molar-refractivity contribution in [3.8, 4) is 0 Å². The average molecular weight is 380 g/mol. The van der Waals surface area contributed by atoms with Crippen molar-refractivity contribution >= 4 is 40.5 Å². The molecule has 0 fully saturated rings. The first kappa shape index (κ1) is 17.6. The molecule has 1 aromatic heterocycles. The maximum absolute atomic E-state index is 12.5. The number of aliphatic imine (C=N–C) groups is 1. The van der Waals surface area contributed by atoms with E-state index < -0.39 is 17.8 Å². The number of hydrogen-bond donors (Lipinski definition) is 0. The minimum atomic E-state index is -0.674. The monoisotopic (exact) mass is 379 g/mol. The van der Waals surface area contributed by atoms with Gasteiger partial charge in [0, 0.05) is 22.9 Å². The lowest BCUT2D eigenvalue weighted by Gasteiger charge is -2.31. The zero-order chi connectivity index (χ0) is 18.1. The van der Waals surface area contributed by atoms with Gasteiger partial charge in [0.05, 0.1) is 17.2 Å².